The molecule has 50 valence electrons. The second-order valence-electron chi connectivity index (χ2n) is 2.48. The summed E-state index contributed by atoms with van der Waals surface area (Å²) in [6.45, 7) is 1.96. The van der Waals surface area contributed by atoms with Gasteiger partial charge in [-0.15, -0.1) is 0 Å². The molecule has 1 aliphatic carbocycles. The maximum Gasteiger partial charge on any atom is 0.224 e. The molecular weight excluding hydrogens is 114 g/mol. The summed E-state index contributed by atoms with van der Waals surface area (Å²) in [6.07, 6.45) is 4.01. The first-order valence-corrected chi connectivity index (χ1v) is 3.18. The SMILES string of the molecule is CC1=CCCC1C(N)=O. The highest BCUT2D eigenvalue weighted by molar-refractivity contribution is 5.80. The minimum atomic E-state index is -0.179. The van der Waals surface area contributed by atoms with Crippen molar-refractivity contribution in [1.29, 1.82) is 0 Å². The van der Waals surface area contributed by atoms with Crippen molar-refractivity contribution in [2.75, 3.05) is 0 Å². The lowest BCUT2D eigenvalue weighted by Crippen LogP contribution is -2.21. The minimum absolute atomic E-state index is 0.0324. The van der Waals surface area contributed by atoms with Crippen molar-refractivity contribution in [2.45, 2.75) is 19.8 Å². The Hall–Kier alpha value is -0.790. The van der Waals surface area contributed by atoms with Crippen molar-refractivity contribution in [2.24, 2.45) is 11.7 Å². The highest BCUT2D eigenvalue weighted by atomic mass is 16.1. The van der Waals surface area contributed by atoms with Crippen LogP contribution in [0.2, 0.25) is 0 Å². The Bertz CT molecular complexity index is 160. The smallest absolute Gasteiger partial charge is 0.224 e. The van der Waals surface area contributed by atoms with Gasteiger partial charge in [-0.25, -0.2) is 0 Å². The average molecular weight is 125 g/mol. The van der Waals surface area contributed by atoms with Gasteiger partial charge in [0.15, 0.2) is 0 Å². The largest absolute Gasteiger partial charge is 0.369 e. The minimum Gasteiger partial charge on any atom is -0.369 e. The number of rotatable bonds is 1. The monoisotopic (exact) mass is 125 g/mol. The maximum atomic E-state index is 10.6. The molecule has 0 aromatic heterocycles. The standard InChI is InChI=1S/C7H11NO/c1-5-3-2-4-6(5)7(8)9/h3,6H,2,4H2,1H3,(H2,8,9). The molecule has 0 aromatic rings. The molecule has 2 nitrogen and oxygen atoms in total. The Balaban J connectivity index is 2.63. The van der Waals surface area contributed by atoms with E-state index in [0.717, 1.165) is 18.4 Å². The van der Waals surface area contributed by atoms with Crippen molar-refractivity contribution in [1.82, 2.24) is 0 Å². The first-order chi connectivity index (χ1) is 4.22. The van der Waals surface area contributed by atoms with E-state index in [2.05, 4.69) is 6.08 Å². The molecule has 0 radical (unpaired) electrons. The fraction of sp³-hybridized carbons (Fsp3) is 0.571. The van der Waals surface area contributed by atoms with E-state index in [1.807, 2.05) is 6.92 Å². The molecule has 0 fully saturated rings. The third kappa shape index (κ3) is 1.12. The van der Waals surface area contributed by atoms with E-state index < -0.39 is 0 Å². The molecule has 0 aromatic carbocycles. The van der Waals surface area contributed by atoms with Gasteiger partial charge in [-0.05, 0) is 19.8 Å². The number of hydrogen-bond acceptors (Lipinski definition) is 1. The zero-order chi connectivity index (χ0) is 6.85. The van der Waals surface area contributed by atoms with E-state index in [4.69, 9.17) is 5.73 Å². The second-order valence-corrected chi connectivity index (χ2v) is 2.48. The molecule has 1 atom stereocenters. The first-order valence-electron chi connectivity index (χ1n) is 3.18. The van der Waals surface area contributed by atoms with E-state index in [1.165, 1.54) is 0 Å². The van der Waals surface area contributed by atoms with Gasteiger partial charge in [-0.3, -0.25) is 4.79 Å². The van der Waals surface area contributed by atoms with Gasteiger partial charge < -0.3 is 5.73 Å². The summed E-state index contributed by atoms with van der Waals surface area (Å²) in [7, 11) is 0. The summed E-state index contributed by atoms with van der Waals surface area (Å²) in [6, 6.07) is 0. The maximum absolute atomic E-state index is 10.6. The quantitative estimate of drug-likeness (QED) is 0.518. The van der Waals surface area contributed by atoms with Crippen LogP contribution in [0, 0.1) is 5.92 Å². The van der Waals surface area contributed by atoms with Crippen LogP contribution < -0.4 is 5.73 Å². The average Bonchev–Trinajstić information content (AvgIpc) is 2.13. The van der Waals surface area contributed by atoms with Crippen molar-refractivity contribution in [3.63, 3.8) is 0 Å². The zero-order valence-electron chi connectivity index (χ0n) is 5.55. The third-order valence-corrected chi connectivity index (χ3v) is 1.81. The summed E-state index contributed by atoms with van der Waals surface area (Å²) in [5.74, 6) is -0.147. The van der Waals surface area contributed by atoms with Gasteiger partial charge in [0.25, 0.3) is 0 Å². The lowest BCUT2D eigenvalue weighted by molar-refractivity contribution is -0.120. The van der Waals surface area contributed by atoms with Crippen LogP contribution in [0.15, 0.2) is 11.6 Å². The first kappa shape index (κ1) is 6.33. The normalized spacial score (nSPS) is 25.9. The summed E-state index contributed by atoms with van der Waals surface area (Å²) in [5.41, 5.74) is 6.25. The van der Waals surface area contributed by atoms with E-state index in [0.29, 0.717) is 0 Å². The van der Waals surface area contributed by atoms with Gasteiger partial charge in [-0.2, -0.15) is 0 Å². The molecule has 1 aliphatic rings. The molecule has 0 spiro atoms. The molecule has 1 rings (SSSR count). The van der Waals surface area contributed by atoms with Gasteiger partial charge in [0.05, 0.1) is 5.92 Å². The van der Waals surface area contributed by atoms with Crippen LogP contribution in [0.4, 0.5) is 0 Å². The molecule has 1 unspecified atom stereocenters. The lowest BCUT2D eigenvalue weighted by Gasteiger charge is -2.04. The Kier molecular flexibility index (Phi) is 1.56. The van der Waals surface area contributed by atoms with Crippen LogP contribution >= 0.6 is 0 Å². The lowest BCUT2D eigenvalue weighted by atomic mass is 10.0. The molecule has 2 heteroatoms. The predicted octanol–water partition coefficient (Wildman–Crippen LogP) is 0.828. The van der Waals surface area contributed by atoms with Gasteiger partial charge >= 0.3 is 0 Å². The van der Waals surface area contributed by atoms with Crippen molar-refractivity contribution < 1.29 is 4.79 Å². The number of hydrogen-bond donors (Lipinski definition) is 1. The Morgan fingerprint density at radius 2 is 2.56 bits per heavy atom. The molecule has 0 aliphatic heterocycles. The number of amides is 1. The van der Waals surface area contributed by atoms with E-state index in [1.54, 1.807) is 0 Å². The van der Waals surface area contributed by atoms with Crippen LogP contribution in [0.3, 0.4) is 0 Å². The van der Waals surface area contributed by atoms with Crippen LogP contribution in [0.25, 0.3) is 0 Å². The summed E-state index contributed by atoms with van der Waals surface area (Å²) >= 11 is 0. The summed E-state index contributed by atoms with van der Waals surface area (Å²) in [4.78, 5) is 10.6. The Labute approximate surface area is 54.7 Å². The zero-order valence-corrected chi connectivity index (χ0v) is 5.55. The molecule has 9 heavy (non-hydrogen) atoms. The molecule has 1 amide bonds. The fourth-order valence-corrected chi connectivity index (χ4v) is 1.21. The Morgan fingerprint density at radius 1 is 1.89 bits per heavy atom. The number of nitrogens with two attached hydrogens (primary N) is 1. The third-order valence-electron chi connectivity index (χ3n) is 1.81. The van der Waals surface area contributed by atoms with E-state index >= 15 is 0 Å². The van der Waals surface area contributed by atoms with Crippen molar-refractivity contribution in [3.8, 4) is 0 Å². The van der Waals surface area contributed by atoms with Crippen molar-refractivity contribution >= 4 is 5.91 Å². The van der Waals surface area contributed by atoms with E-state index in [-0.39, 0.29) is 11.8 Å². The number of allylic oxidation sites excluding steroid dienone is 1. The number of carbonyl (C=O) groups is 1. The number of carbonyl (C=O) groups excluding carboxylic acids is 1. The Morgan fingerprint density at radius 3 is 2.78 bits per heavy atom. The second kappa shape index (κ2) is 2.21. The van der Waals surface area contributed by atoms with Gasteiger partial charge in [0.2, 0.25) is 5.91 Å². The predicted molar refractivity (Wildman–Crippen MR) is 35.7 cm³/mol. The van der Waals surface area contributed by atoms with E-state index in [9.17, 15) is 4.79 Å². The molecule has 0 saturated carbocycles. The molecule has 0 bridgehead atoms. The number of primary amides is 1. The van der Waals surface area contributed by atoms with Crippen LogP contribution in [-0.4, -0.2) is 5.91 Å². The van der Waals surface area contributed by atoms with Gasteiger partial charge in [0.1, 0.15) is 0 Å². The molecule has 0 heterocycles. The summed E-state index contributed by atoms with van der Waals surface area (Å²) < 4.78 is 0. The highest BCUT2D eigenvalue weighted by Crippen LogP contribution is 2.24. The highest BCUT2D eigenvalue weighted by Gasteiger charge is 2.20. The molecule has 2 N–H and O–H groups in total. The topological polar surface area (TPSA) is 43.1 Å². The fourth-order valence-electron chi connectivity index (χ4n) is 1.21. The van der Waals surface area contributed by atoms with Crippen molar-refractivity contribution in [3.05, 3.63) is 11.6 Å². The molecule has 0 saturated heterocycles. The van der Waals surface area contributed by atoms with Gasteiger partial charge in [0, 0.05) is 0 Å². The van der Waals surface area contributed by atoms with Crippen LogP contribution in [0.1, 0.15) is 19.8 Å². The van der Waals surface area contributed by atoms with Crippen LogP contribution in [-0.2, 0) is 4.79 Å². The summed E-state index contributed by atoms with van der Waals surface area (Å²) in [5, 5.41) is 0. The van der Waals surface area contributed by atoms with Crippen LogP contribution in [0.5, 0.6) is 0 Å². The van der Waals surface area contributed by atoms with Gasteiger partial charge in [-0.1, -0.05) is 11.6 Å². The molecular formula is C7H11NO.